The van der Waals surface area contributed by atoms with Crippen LogP contribution in [0.4, 0.5) is 10.9 Å². The van der Waals surface area contributed by atoms with Crippen LogP contribution < -0.4 is 10.2 Å². The van der Waals surface area contributed by atoms with E-state index < -0.39 is 0 Å². The van der Waals surface area contributed by atoms with E-state index in [0.717, 1.165) is 36.6 Å². The van der Waals surface area contributed by atoms with Crippen LogP contribution in [0.15, 0.2) is 24.5 Å². The van der Waals surface area contributed by atoms with Crippen LogP contribution in [0.5, 0.6) is 0 Å². The van der Waals surface area contributed by atoms with E-state index in [4.69, 9.17) is 0 Å². The van der Waals surface area contributed by atoms with Crippen molar-refractivity contribution in [3.05, 3.63) is 35.0 Å². The van der Waals surface area contributed by atoms with E-state index in [2.05, 4.69) is 20.2 Å². The Morgan fingerprint density at radius 2 is 2.15 bits per heavy atom. The molecule has 1 N–H and O–H groups in total. The second-order valence-electron chi connectivity index (χ2n) is 4.80. The van der Waals surface area contributed by atoms with Crippen LogP contribution in [0.25, 0.3) is 0 Å². The van der Waals surface area contributed by atoms with Crippen LogP contribution in [0, 0.1) is 6.92 Å². The molecule has 5 nitrogen and oxygen atoms in total. The van der Waals surface area contributed by atoms with Crippen LogP contribution in [-0.4, -0.2) is 29.0 Å². The van der Waals surface area contributed by atoms with Gasteiger partial charge in [0.1, 0.15) is 5.82 Å². The molecule has 0 aromatic carbocycles. The lowest BCUT2D eigenvalue weighted by Gasteiger charge is -2.18. The monoisotopic (exact) mass is 288 g/mol. The number of rotatable bonds is 3. The Hall–Kier alpha value is -1.95. The molecule has 0 atom stereocenters. The van der Waals surface area contributed by atoms with Crippen molar-refractivity contribution in [2.24, 2.45) is 0 Å². The highest BCUT2D eigenvalue weighted by Crippen LogP contribution is 2.24. The lowest BCUT2D eigenvalue weighted by molar-refractivity contribution is 0.102. The first-order valence-corrected chi connectivity index (χ1v) is 7.49. The zero-order valence-electron chi connectivity index (χ0n) is 11.3. The maximum absolute atomic E-state index is 12.4. The molecule has 20 heavy (non-hydrogen) atoms. The molecule has 3 heterocycles. The summed E-state index contributed by atoms with van der Waals surface area (Å²) in [5.41, 5.74) is 0.613. The summed E-state index contributed by atoms with van der Waals surface area (Å²) in [7, 11) is 0. The third kappa shape index (κ3) is 2.65. The number of aromatic nitrogens is 2. The number of pyridine rings is 1. The van der Waals surface area contributed by atoms with Crippen molar-refractivity contribution in [3.8, 4) is 0 Å². The van der Waals surface area contributed by atoms with E-state index in [9.17, 15) is 4.79 Å². The van der Waals surface area contributed by atoms with Crippen molar-refractivity contribution < 1.29 is 4.79 Å². The van der Waals surface area contributed by atoms with E-state index >= 15 is 0 Å². The topological polar surface area (TPSA) is 58.1 Å². The van der Waals surface area contributed by atoms with Gasteiger partial charge in [0.25, 0.3) is 5.91 Å². The fraction of sp³-hybridized carbons (Fsp3) is 0.357. The summed E-state index contributed by atoms with van der Waals surface area (Å²) in [4.78, 5) is 24.2. The maximum Gasteiger partial charge on any atom is 0.261 e. The normalized spacial score (nSPS) is 14.6. The molecule has 1 amide bonds. The van der Waals surface area contributed by atoms with Gasteiger partial charge in [-0.1, -0.05) is 0 Å². The van der Waals surface area contributed by atoms with Crippen LogP contribution in [-0.2, 0) is 0 Å². The maximum atomic E-state index is 12.4. The minimum Gasteiger partial charge on any atom is -0.356 e. The molecule has 0 aliphatic carbocycles. The predicted molar refractivity (Wildman–Crippen MR) is 80.5 cm³/mol. The van der Waals surface area contributed by atoms with Crippen molar-refractivity contribution in [1.29, 1.82) is 0 Å². The Morgan fingerprint density at radius 3 is 2.85 bits per heavy atom. The van der Waals surface area contributed by atoms with Gasteiger partial charge in [0.2, 0.25) is 0 Å². The zero-order valence-corrected chi connectivity index (χ0v) is 12.1. The molecule has 0 bridgehead atoms. The molecule has 6 heteroatoms. The molecule has 1 aliphatic heterocycles. The molecule has 2 aromatic heterocycles. The van der Waals surface area contributed by atoms with Crippen molar-refractivity contribution in [2.45, 2.75) is 19.8 Å². The number of anilines is 2. The Labute approximate surface area is 121 Å². The van der Waals surface area contributed by atoms with Crippen molar-refractivity contribution in [1.82, 2.24) is 9.97 Å². The highest BCUT2D eigenvalue weighted by Gasteiger charge is 2.20. The summed E-state index contributed by atoms with van der Waals surface area (Å²) < 4.78 is 0. The number of nitrogens with zero attached hydrogens (tertiary/aromatic N) is 3. The SMILES string of the molecule is Cc1cnc(NC(=O)c2cccnc2N2CCCC2)s1. The third-order valence-corrected chi connectivity index (χ3v) is 4.11. The molecular weight excluding hydrogens is 272 g/mol. The van der Waals surface area contributed by atoms with E-state index in [0.29, 0.717) is 10.7 Å². The van der Waals surface area contributed by atoms with Gasteiger partial charge in [-0.15, -0.1) is 11.3 Å². The number of carbonyl (C=O) groups excluding carboxylic acids is 1. The molecule has 3 rings (SSSR count). The summed E-state index contributed by atoms with van der Waals surface area (Å²) in [5.74, 6) is 0.630. The van der Waals surface area contributed by atoms with Gasteiger partial charge in [0, 0.05) is 30.4 Å². The van der Waals surface area contributed by atoms with Gasteiger partial charge in [-0.2, -0.15) is 0 Å². The minimum absolute atomic E-state index is 0.144. The molecule has 2 aromatic rings. The van der Waals surface area contributed by atoms with E-state index in [1.807, 2.05) is 13.0 Å². The van der Waals surface area contributed by atoms with Gasteiger partial charge in [-0.3, -0.25) is 10.1 Å². The number of aryl methyl sites for hydroxylation is 1. The Balaban J connectivity index is 1.83. The second kappa shape index (κ2) is 5.58. The number of carbonyl (C=O) groups is 1. The minimum atomic E-state index is -0.144. The number of nitrogens with one attached hydrogen (secondary N) is 1. The Bertz CT molecular complexity index is 619. The summed E-state index contributed by atoms with van der Waals surface area (Å²) in [6, 6.07) is 3.61. The molecule has 1 aliphatic rings. The standard InChI is InChI=1S/C14H16N4OS/c1-10-9-16-14(20-10)17-13(19)11-5-4-6-15-12(11)18-7-2-3-8-18/h4-6,9H,2-3,7-8H2,1H3,(H,16,17,19). The highest BCUT2D eigenvalue weighted by atomic mass is 32.1. The lowest BCUT2D eigenvalue weighted by Crippen LogP contribution is -2.24. The molecule has 0 spiro atoms. The van der Waals surface area contributed by atoms with Gasteiger partial charge < -0.3 is 4.90 Å². The average molecular weight is 288 g/mol. The van der Waals surface area contributed by atoms with Gasteiger partial charge in [-0.25, -0.2) is 9.97 Å². The number of hydrogen-bond donors (Lipinski definition) is 1. The first-order chi connectivity index (χ1) is 9.74. The molecule has 1 saturated heterocycles. The van der Waals surface area contributed by atoms with Gasteiger partial charge in [-0.05, 0) is 31.9 Å². The first kappa shape index (κ1) is 13.1. The molecule has 0 radical (unpaired) electrons. The van der Waals surface area contributed by atoms with Crippen LogP contribution >= 0.6 is 11.3 Å². The van der Waals surface area contributed by atoms with E-state index in [-0.39, 0.29) is 5.91 Å². The predicted octanol–water partition coefficient (Wildman–Crippen LogP) is 2.70. The van der Waals surface area contributed by atoms with Crippen LogP contribution in [0.2, 0.25) is 0 Å². The fourth-order valence-corrected chi connectivity index (χ4v) is 2.99. The van der Waals surface area contributed by atoms with Gasteiger partial charge >= 0.3 is 0 Å². The number of hydrogen-bond acceptors (Lipinski definition) is 5. The third-order valence-electron chi connectivity index (χ3n) is 3.28. The summed E-state index contributed by atoms with van der Waals surface area (Å²) >= 11 is 1.47. The smallest absolute Gasteiger partial charge is 0.261 e. The van der Waals surface area contributed by atoms with Gasteiger partial charge in [0.15, 0.2) is 5.13 Å². The van der Waals surface area contributed by atoms with E-state index in [1.165, 1.54) is 11.3 Å². The summed E-state index contributed by atoms with van der Waals surface area (Å²) in [6.45, 7) is 3.90. The molecule has 104 valence electrons. The first-order valence-electron chi connectivity index (χ1n) is 6.68. The van der Waals surface area contributed by atoms with Crippen molar-refractivity contribution in [3.63, 3.8) is 0 Å². The van der Waals surface area contributed by atoms with Crippen LogP contribution in [0.3, 0.4) is 0 Å². The second-order valence-corrected chi connectivity index (χ2v) is 6.03. The van der Waals surface area contributed by atoms with Crippen LogP contribution in [0.1, 0.15) is 28.1 Å². The van der Waals surface area contributed by atoms with E-state index in [1.54, 1.807) is 18.5 Å². The summed E-state index contributed by atoms with van der Waals surface area (Å²) in [5, 5.41) is 3.47. The number of amides is 1. The molecular formula is C14H16N4OS. The lowest BCUT2D eigenvalue weighted by atomic mass is 10.2. The van der Waals surface area contributed by atoms with Crippen molar-refractivity contribution in [2.75, 3.05) is 23.3 Å². The Morgan fingerprint density at radius 1 is 1.35 bits per heavy atom. The van der Waals surface area contributed by atoms with Gasteiger partial charge in [0.05, 0.1) is 5.56 Å². The molecule has 0 saturated carbocycles. The summed E-state index contributed by atoms with van der Waals surface area (Å²) in [6.07, 6.45) is 5.80. The highest BCUT2D eigenvalue weighted by molar-refractivity contribution is 7.15. The quantitative estimate of drug-likeness (QED) is 0.943. The zero-order chi connectivity index (χ0) is 13.9. The molecule has 1 fully saturated rings. The Kier molecular flexibility index (Phi) is 3.64. The fourth-order valence-electron chi connectivity index (χ4n) is 2.33. The molecule has 0 unspecified atom stereocenters. The number of thiazole rings is 1. The van der Waals surface area contributed by atoms with Crippen molar-refractivity contribution >= 4 is 28.2 Å². The largest absolute Gasteiger partial charge is 0.356 e. The average Bonchev–Trinajstić information content (AvgIpc) is 3.10.